The van der Waals surface area contributed by atoms with Crippen LogP contribution in [-0.4, -0.2) is 30.6 Å². The van der Waals surface area contributed by atoms with Crippen LogP contribution in [0.5, 0.6) is 0 Å². The molecule has 1 atom stereocenters. The van der Waals surface area contributed by atoms with Gasteiger partial charge < -0.3 is 9.84 Å². The molecule has 0 amide bonds. The lowest BCUT2D eigenvalue weighted by Crippen LogP contribution is -2.19. The molecule has 1 N–H and O–H groups in total. The SMILES string of the molecule is CCCCCCCC(O)CCOCC(F)(F)F. The van der Waals surface area contributed by atoms with Crippen molar-refractivity contribution in [1.82, 2.24) is 0 Å². The van der Waals surface area contributed by atoms with E-state index in [1.165, 1.54) is 12.8 Å². The fourth-order valence-electron chi connectivity index (χ4n) is 1.54. The first-order chi connectivity index (χ1) is 7.95. The van der Waals surface area contributed by atoms with Crippen molar-refractivity contribution < 1.29 is 23.0 Å². The topological polar surface area (TPSA) is 29.5 Å². The van der Waals surface area contributed by atoms with E-state index in [1.54, 1.807) is 0 Å². The summed E-state index contributed by atoms with van der Waals surface area (Å²) in [5, 5.41) is 9.47. The number of aliphatic hydroxyl groups is 1. The molecule has 0 aliphatic rings. The monoisotopic (exact) mass is 256 g/mol. The third-order valence-electron chi connectivity index (χ3n) is 2.50. The van der Waals surface area contributed by atoms with E-state index in [0.29, 0.717) is 6.42 Å². The van der Waals surface area contributed by atoms with Gasteiger partial charge in [0.1, 0.15) is 6.61 Å². The number of unbranched alkanes of at least 4 members (excludes halogenated alkanes) is 4. The Morgan fingerprint density at radius 3 is 2.29 bits per heavy atom. The van der Waals surface area contributed by atoms with Crippen molar-refractivity contribution in [3.63, 3.8) is 0 Å². The third kappa shape index (κ3) is 13.6. The van der Waals surface area contributed by atoms with Gasteiger partial charge in [-0.1, -0.05) is 39.0 Å². The highest BCUT2D eigenvalue weighted by molar-refractivity contribution is 4.56. The van der Waals surface area contributed by atoms with Crippen LogP contribution in [0.15, 0.2) is 0 Å². The lowest BCUT2D eigenvalue weighted by molar-refractivity contribution is -0.175. The minimum absolute atomic E-state index is 0.0321. The summed E-state index contributed by atoms with van der Waals surface area (Å²) in [4.78, 5) is 0. The Balaban J connectivity index is 3.26. The molecule has 0 aromatic carbocycles. The first kappa shape index (κ1) is 16.7. The highest BCUT2D eigenvalue weighted by Gasteiger charge is 2.27. The van der Waals surface area contributed by atoms with Gasteiger partial charge in [0.05, 0.1) is 6.10 Å². The smallest absolute Gasteiger partial charge is 0.393 e. The quantitative estimate of drug-likeness (QED) is 0.604. The minimum atomic E-state index is -4.27. The Morgan fingerprint density at radius 1 is 1.06 bits per heavy atom. The molecule has 1 unspecified atom stereocenters. The Labute approximate surface area is 101 Å². The van der Waals surface area contributed by atoms with Crippen molar-refractivity contribution in [2.45, 2.75) is 64.1 Å². The number of hydrogen-bond donors (Lipinski definition) is 1. The summed E-state index contributed by atoms with van der Waals surface area (Å²) in [5.41, 5.74) is 0. The van der Waals surface area contributed by atoms with E-state index >= 15 is 0 Å². The fraction of sp³-hybridized carbons (Fsp3) is 1.00. The predicted molar refractivity (Wildman–Crippen MR) is 60.9 cm³/mol. The zero-order valence-electron chi connectivity index (χ0n) is 10.4. The van der Waals surface area contributed by atoms with E-state index in [0.717, 1.165) is 19.3 Å². The summed E-state index contributed by atoms with van der Waals surface area (Å²) in [6, 6.07) is 0. The Kier molecular flexibility index (Phi) is 9.55. The second-order valence-corrected chi connectivity index (χ2v) is 4.31. The van der Waals surface area contributed by atoms with E-state index in [4.69, 9.17) is 0 Å². The van der Waals surface area contributed by atoms with Crippen LogP contribution in [0.2, 0.25) is 0 Å². The maximum Gasteiger partial charge on any atom is 0.411 e. The zero-order valence-corrected chi connectivity index (χ0v) is 10.4. The van der Waals surface area contributed by atoms with Crippen LogP contribution in [0.3, 0.4) is 0 Å². The average molecular weight is 256 g/mol. The molecule has 0 aliphatic heterocycles. The molecule has 0 saturated heterocycles. The molecule has 104 valence electrons. The highest BCUT2D eigenvalue weighted by atomic mass is 19.4. The largest absolute Gasteiger partial charge is 0.411 e. The summed E-state index contributed by atoms with van der Waals surface area (Å²) < 4.78 is 39.6. The molecule has 0 spiro atoms. The maximum absolute atomic E-state index is 11.7. The van der Waals surface area contributed by atoms with Crippen LogP contribution in [0.25, 0.3) is 0 Å². The fourth-order valence-corrected chi connectivity index (χ4v) is 1.54. The van der Waals surface area contributed by atoms with Crippen LogP contribution in [0, 0.1) is 0 Å². The van der Waals surface area contributed by atoms with E-state index in [2.05, 4.69) is 11.7 Å². The summed E-state index contributed by atoms with van der Waals surface area (Å²) in [6.07, 6.45) is 1.67. The van der Waals surface area contributed by atoms with Gasteiger partial charge in [0, 0.05) is 6.61 Å². The van der Waals surface area contributed by atoms with Gasteiger partial charge in [0.2, 0.25) is 0 Å². The van der Waals surface area contributed by atoms with Crippen LogP contribution in [-0.2, 0) is 4.74 Å². The standard InChI is InChI=1S/C12H23F3O2/c1-2-3-4-5-6-7-11(16)8-9-17-10-12(13,14)15/h11,16H,2-10H2,1H3. The predicted octanol–water partition coefficient (Wildman–Crippen LogP) is 3.68. The maximum atomic E-state index is 11.7. The van der Waals surface area contributed by atoms with Gasteiger partial charge in [-0.15, -0.1) is 0 Å². The van der Waals surface area contributed by atoms with Crippen molar-refractivity contribution in [2.75, 3.05) is 13.2 Å². The van der Waals surface area contributed by atoms with E-state index in [-0.39, 0.29) is 13.0 Å². The molecular formula is C12H23F3O2. The lowest BCUT2D eigenvalue weighted by atomic mass is 10.1. The molecule has 0 heterocycles. The van der Waals surface area contributed by atoms with Gasteiger partial charge in [-0.25, -0.2) is 0 Å². The minimum Gasteiger partial charge on any atom is -0.393 e. The molecule has 0 bridgehead atoms. The summed E-state index contributed by atoms with van der Waals surface area (Å²) >= 11 is 0. The third-order valence-corrected chi connectivity index (χ3v) is 2.50. The summed E-state index contributed by atoms with van der Waals surface area (Å²) in [5.74, 6) is 0. The average Bonchev–Trinajstić information content (AvgIpc) is 2.23. The molecule has 0 rings (SSSR count). The molecule has 2 nitrogen and oxygen atoms in total. The van der Waals surface area contributed by atoms with Crippen LogP contribution < -0.4 is 0 Å². The van der Waals surface area contributed by atoms with Crippen molar-refractivity contribution in [2.24, 2.45) is 0 Å². The molecule has 0 saturated carbocycles. The van der Waals surface area contributed by atoms with Gasteiger partial charge in [-0.2, -0.15) is 13.2 Å². The van der Waals surface area contributed by atoms with Crippen molar-refractivity contribution in [1.29, 1.82) is 0 Å². The molecular weight excluding hydrogens is 233 g/mol. The molecule has 0 aromatic rings. The van der Waals surface area contributed by atoms with Gasteiger partial charge in [0.15, 0.2) is 0 Å². The number of hydrogen-bond acceptors (Lipinski definition) is 2. The molecule has 0 aromatic heterocycles. The van der Waals surface area contributed by atoms with Gasteiger partial charge >= 0.3 is 6.18 Å². The van der Waals surface area contributed by atoms with Crippen LogP contribution >= 0.6 is 0 Å². The number of halogens is 3. The van der Waals surface area contributed by atoms with E-state index in [1.807, 2.05) is 0 Å². The first-order valence-electron chi connectivity index (χ1n) is 6.28. The van der Waals surface area contributed by atoms with Gasteiger partial charge in [-0.05, 0) is 12.8 Å². The van der Waals surface area contributed by atoms with Crippen molar-refractivity contribution in [3.05, 3.63) is 0 Å². The molecule has 0 aliphatic carbocycles. The second-order valence-electron chi connectivity index (χ2n) is 4.31. The summed E-state index contributed by atoms with van der Waals surface area (Å²) in [6.45, 7) is 0.874. The number of alkyl halides is 3. The first-order valence-corrected chi connectivity index (χ1v) is 6.28. The van der Waals surface area contributed by atoms with Gasteiger partial charge in [-0.3, -0.25) is 0 Å². The highest BCUT2D eigenvalue weighted by Crippen LogP contribution is 2.15. The normalized spacial score (nSPS) is 13.9. The molecule has 5 heteroatoms. The van der Waals surface area contributed by atoms with Crippen molar-refractivity contribution >= 4 is 0 Å². The zero-order chi connectivity index (χ0) is 13.1. The Bertz CT molecular complexity index is 172. The van der Waals surface area contributed by atoms with Crippen molar-refractivity contribution in [3.8, 4) is 0 Å². The molecule has 17 heavy (non-hydrogen) atoms. The lowest BCUT2D eigenvalue weighted by Gasteiger charge is -2.11. The summed E-state index contributed by atoms with van der Waals surface area (Å²) in [7, 11) is 0. The Hall–Kier alpha value is -0.290. The van der Waals surface area contributed by atoms with E-state index in [9.17, 15) is 18.3 Å². The van der Waals surface area contributed by atoms with Gasteiger partial charge in [0.25, 0.3) is 0 Å². The van der Waals surface area contributed by atoms with Crippen LogP contribution in [0.4, 0.5) is 13.2 Å². The molecule has 0 radical (unpaired) electrons. The van der Waals surface area contributed by atoms with E-state index < -0.39 is 18.9 Å². The second kappa shape index (κ2) is 9.71. The van der Waals surface area contributed by atoms with Crippen LogP contribution in [0.1, 0.15) is 51.9 Å². The molecule has 0 fully saturated rings. The number of rotatable bonds is 10. The Morgan fingerprint density at radius 2 is 1.71 bits per heavy atom. The number of aliphatic hydroxyl groups excluding tert-OH is 1. The number of ether oxygens (including phenoxy) is 1.